The maximum absolute atomic E-state index is 11.6. The molecule has 3 N–H and O–H groups in total. The van der Waals surface area contributed by atoms with E-state index in [9.17, 15) is 4.79 Å². The average Bonchev–Trinajstić information content (AvgIpc) is 2.28. The maximum Gasteiger partial charge on any atom is 0.233 e. The van der Waals surface area contributed by atoms with Gasteiger partial charge >= 0.3 is 0 Å². The zero-order chi connectivity index (χ0) is 12.0. The molecular weight excluding hydrogens is 244 g/mol. The van der Waals surface area contributed by atoms with Gasteiger partial charge in [0.15, 0.2) is 0 Å². The van der Waals surface area contributed by atoms with E-state index < -0.39 is 0 Å². The van der Waals surface area contributed by atoms with Gasteiger partial charge in [-0.05, 0) is 19.1 Å². The summed E-state index contributed by atoms with van der Waals surface area (Å²) in [4.78, 5) is 12.5. The summed E-state index contributed by atoms with van der Waals surface area (Å²) in [6.07, 6.45) is 0. The minimum Gasteiger partial charge on any atom is -0.354 e. The second kappa shape index (κ2) is 6.78. The Morgan fingerprint density at radius 2 is 2.25 bits per heavy atom. The van der Waals surface area contributed by atoms with Crippen molar-refractivity contribution in [2.75, 3.05) is 13.1 Å². The highest BCUT2D eigenvalue weighted by Gasteiger charge is 2.14. The van der Waals surface area contributed by atoms with Crippen molar-refractivity contribution < 1.29 is 4.79 Å². The van der Waals surface area contributed by atoms with E-state index in [2.05, 4.69) is 5.32 Å². The Morgan fingerprint density at radius 1 is 1.56 bits per heavy atom. The van der Waals surface area contributed by atoms with Crippen LogP contribution in [0.25, 0.3) is 0 Å². The summed E-state index contributed by atoms with van der Waals surface area (Å²) in [5, 5.41) is 3.24. The van der Waals surface area contributed by atoms with Gasteiger partial charge in [-0.3, -0.25) is 4.79 Å². The summed E-state index contributed by atoms with van der Waals surface area (Å²) < 4.78 is 0. The van der Waals surface area contributed by atoms with Gasteiger partial charge in [0.05, 0.1) is 10.3 Å². The van der Waals surface area contributed by atoms with Crippen LogP contribution in [0.3, 0.4) is 0 Å². The van der Waals surface area contributed by atoms with Crippen molar-refractivity contribution in [2.24, 2.45) is 5.73 Å². The van der Waals surface area contributed by atoms with E-state index in [4.69, 9.17) is 17.3 Å². The molecule has 0 saturated heterocycles. The Morgan fingerprint density at radius 3 is 2.88 bits per heavy atom. The molecule has 1 unspecified atom stereocenters. The highest BCUT2D eigenvalue weighted by Crippen LogP contribution is 2.29. The zero-order valence-corrected chi connectivity index (χ0v) is 10.6. The smallest absolute Gasteiger partial charge is 0.233 e. The Balaban J connectivity index is 2.54. The lowest BCUT2D eigenvalue weighted by Crippen LogP contribution is -2.34. The normalized spacial score (nSPS) is 12.2. The molecule has 0 aliphatic carbocycles. The SMILES string of the molecule is CC(Sc1ccccc1Cl)C(=O)NCCN. The second-order valence-electron chi connectivity index (χ2n) is 3.27. The third kappa shape index (κ3) is 4.04. The number of carbonyl (C=O) groups excluding carboxylic acids is 1. The van der Waals surface area contributed by atoms with E-state index in [0.29, 0.717) is 18.1 Å². The molecule has 1 amide bonds. The van der Waals surface area contributed by atoms with Gasteiger partial charge in [-0.25, -0.2) is 0 Å². The molecule has 0 spiro atoms. The Bertz CT molecular complexity index is 360. The topological polar surface area (TPSA) is 55.1 Å². The molecule has 0 aliphatic heterocycles. The second-order valence-corrected chi connectivity index (χ2v) is 5.06. The molecule has 88 valence electrons. The first-order chi connectivity index (χ1) is 7.65. The van der Waals surface area contributed by atoms with Crippen molar-refractivity contribution in [3.8, 4) is 0 Å². The number of benzene rings is 1. The van der Waals surface area contributed by atoms with Gasteiger partial charge in [0.25, 0.3) is 0 Å². The van der Waals surface area contributed by atoms with E-state index >= 15 is 0 Å². The first-order valence-corrected chi connectivity index (χ1v) is 6.30. The molecule has 0 bridgehead atoms. The Labute approximate surface area is 105 Å². The summed E-state index contributed by atoms with van der Waals surface area (Å²) >= 11 is 7.45. The average molecular weight is 259 g/mol. The van der Waals surface area contributed by atoms with E-state index in [1.54, 1.807) is 0 Å². The Hall–Kier alpha value is -0.710. The molecule has 0 heterocycles. The number of thioether (sulfide) groups is 1. The monoisotopic (exact) mass is 258 g/mol. The summed E-state index contributed by atoms with van der Waals surface area (Å²) in [6.45, 7) is 2.81. The van der Waals surface area contributed by atoms with Crippen molar-refractivity contribution in [2.45, 2.75) is 17.1 Å². The predicted molar refractivity (Wildman–Crippen MR) is 68.8 cm³/mol. The fourth-order valence-corrected chi connectivity index (χ4v) is 2.30. The highest BCUT2D eigenvalue weighted by molar-refractivity contribution is 8.00. The molecule has 0 fully saturated rings. The van der Waals surface area contributed by atoms with Crippen LogP contribution in [-0.4, -0.2) is 24.2 Å². The van der Waals surface area contributed by atoms with Crippen LogP contribution in [-0.2, 0) is 4.79 Å². The minimum absolute atomic E-state index is 0.0182. The number of rotatable bonds is 5. The number of nitrogens with two attached hydrogens (primary N) is 1. The van der Waals surface area contributed by atoms with Crippen LogP contribution in [0, 0.1) is 0 Å². The molecule has 1 aromatic rings. The number of halogens is 1. The van der Waals surface area contributed by atoms with Crippen LogP contribution in [0.1, 0.15) is 6.92 Å². The zero-order valence-electron chi connectivity index (χ0n) is 9.07. The predicted octanol–water partition coefficient (Wildman–Crippen LogP) is 1.90. The molecule has 1 atom stereocenters. The number of amides is 1. The summed E-state index contributed by atoms with van der Waals surface area (Å²) in [7, 11) is 0. The third-order valence-corrected chi connectivity index (χ3v) is 3.57. The van der Waals surface area contributed by atoms with Crippen LogP contribution >= 0.6 is 23.4 Å². The van der Waals surface area contributed by atoms with Gasteiger partial charge in [0, 0.05) is 18.0 Å². The lowest BCUT2D eigenvalue weighted by Gasteiger charge is -2.12. The molecule has 1 rings (SSSR count). The van der Waals surface area contributed by atoms with E-state index in [1.807, 2.05) is 31.2 Å². The van der Waals surface area contributed by atoms with Gasteiger partial charge < -0.3 is 11.1 Å². The van der Waals surface area contributed by atoms with Crippen molar-refractivity contribution in [1.29, 1.82) is 0 Å². The van der Waals surface area contributed by atoms with Crippen molar-refractivity contribution >= 4 is 29.3 Å². The molecule has 0 radical (unpaired) electrons. The molecule has 0 saturated carbocycles. The fourth-order valence-electron chi connectivity index (χ4n) is 1.12. The van der Waals surface area contributed by atoms with Gasteiger partial charge in [0.1, 0.15) is 0 Å². The van der Waals surface area contributed by atoms with Crippen LogP contribution < -0.4 is 11.1 Å². The first kappa shape index (κ1) is 13.4. The fraction of sp³-hybridized carbons (Fsp3) is 0.364. The number of hydrogen-bond donors (Lipinski definition) is 2. The van der Waals surface area contributed by atoms with Crippen molar-refractivity contribution in [1.82, 2.24) is 5.32 Å². The summed E-state index contributed by atoms with van der Waals surface area (Å²) in [5.74, 6) is -0.0182. The van der Waals surface area contributed by atoms with Crippen LogP contribution in [0.5, 0.6) is 0 Å². The van der Waals surface area contributed by atoms with Crippen molar-refractivity contribution in [3.05, 3.63) is 29.3 Å². The molecule has 16 heavy (non-hydrogen) atoms. The molecule has 1 aromatic carbocycles. The molecular formula is C11H15ClN2OS. The van der Waals surface area contributed by atoms with E-state index in [-0.39, 0.29) is 11.2 Å². The number of nitrogens with one attached hydrogen (secondary N) is 1. The summed E-state index contributed by atoms with van der Waals surface area (Å²) in [6, 6.07) is 7.48. The molecule has 5 heteroatoms. The van der Waals surface area contributed by atoms with Crippen LogP contribution in [0.4, 0.5) is 0 Å². The van der Waals surface area contributed by atoms with Crippen LogP contribution in [0.2, 0.25) is 5.02 Å². The number of carbonyl (C=O) groups is 1. The van der Waals surface area contributed by atoms with Gasteiger partial charge in [-0.1, -0.05) is 23.7 Å². The van der Waals surface area contributed by atoms with Crippen molar-refractivity contribution in [3.63, 3.8) is 0 Å². The van der Waals surface area contributed by atoms with E-state index in [0.717, 1.165) is 4.90 Å². The lowest BCUT2D eigenvalue weighted by atomic mass is 10.4. The third-order valence-electron chi connectivity index (χ3n) is 1.95. The summed E-state index contributed by atoms with van der Waals surface area (Å²) in [5.41, 5.74) is 5.31. The van der Waals surface area contributed by atoms with Gasteiger partial charge in [-0.2, -0.15) is 0 Å². The highest BCUT2D eigenvalue weighted by atomic mass is 35.5. The standard InChI is InChI=1S/C11H15ClN2OS/c1-8(11(15)14-7-6-13)16-10-5-3-2-4-9(10)12/h2-5,8H,6-7,13H2,1H3,(H,14,15). The van der Waals surface area contributed by atoms with E-state index in [1.165, 1.54) is 11.8 Å². The minimum atomic E-state index is -0.175. The first-order valence-electron chi connectivity index (χ1n) is 5.04. The van der Waals surface area contributed by atoms with Gasteiger partial charge in [0.2, 0.25) is 5.91 Å². The van der Waals surface area contributed by atoms with Crippen LogP contribution in [0.15, 0.2) is 29.2 Å². The largest absolute Gasteiger partial charge is 0.354 e. The quantitative estimate of drug-likeness (QED) is 0.793. The molecule has 3 nitrogen and oxygen atoms in total. The Kier molecular flexibility index (Phi) is 5.66. The molecule has 0 aliphatic rings. The molecule has 0 aromatic heterocycles. The lowest BCUT2D eigenvalue weighted by molar-refractivity contribution is -0.120. The van der Waals surface area contributed by atoms with Gasteiger partial charge in [-0.15, -0.1) is 11.8 Å². The number of hydrogen-bond acceptors (Lipinski definition) is 3. The maximum atomic E-state index is 11.6.